The minimum Gasteiger partial charge on any atom is -0.333 e. The summed E-state index contributed by atoms with van der Waals surface area (Å²) in [4.78, 5) is 8.35. The number of hydrogen-bond acceptors (Lipinski definition) is 4. The fourth-order valence-corrected chi connectivity index (χ4v) is 2.10. The van der Waals surface area contributed by atoms with Gasteiger partial charge in [0.2, 0.25) is 0 Å². The Morgan fingerprint density at radius 1 is 1.60 bits per heavy atom. The van der Waals surface area contributed by atoms with E-state index in [9.17, 15) is 0 Å². The number of hydrogen-bond donors (Lipinski definition) is 1. The standard InChI is InChI=1S/C10H14N4S/c1-8(11)9-6-12-7-14(9)4-2-10-13-3-5-15-10/h3,5-8H,2,4,11H2,1H3/t8-/m1/s1. The molecule has 0 bridgehead atoms. The Labute approximate surface area is 92.8 Å². The molecule has 2 N–H and O–H groups in total. The Morgan fingerprint density at radius 3 is 3.13 bits per heavy atom. The maximum absolute atomic E-state index is 5.83. The average Bonchev–Trinajstić information content (AvgIpc) is 2.86. The van der Waals surface area contributed by atoms with Gasteiger partial charge in [-0.05, 0) is 6.92 Å². The number of rotatable bonds is 4. The van der Waals surface area contributed by atoms with Crippen LogP contribution < -0.4 is 5.73 Å². The number of aryl methyl sites for hydroxylation is 2. The van der Waals surface area contributed by atoms with Crippen molar-refractivity contribution in [2.45, 2.75) is 25.9 Å². The zero-order valence-corrected chi connectivity index (χ0v) is 9.44. The highest BCUT2D eigenvalue weighted by Crippen LogP contribution is 2.11. The lowest BCUT2D eigenvalue weighted by Gasteiger charge is -2.09. The highest BCUT2D eigenvalue weighted by atomic mass is 32.1. The zero-order valence-electron chi connectivity index (χ0n) is 8.63. The fraction of sp³-hybridized carbons (Fsp3) is 0.400. The van der Waals surface area contributed by atoms with Gasteiger partial charge in [-0.25, -0.2) is 9.97 Å². The van der Waals surface area contributed by atoms with Crippen molar-refractivity contribution in [2.24, 2.45) is 5.73 Å². The van der Waals surface area contributed by atoms with Crippen LogP contribution in [0.2, 0.25) is 0 Å². The van der Waals surface area contributed by atoms with Crippen molar-refractivity contribution >= 4 is 11.3 Å². The van der Waals surface area contributed by atoms with Gasteiger partial charge >= 0.3 is 0 Å². The van der Waals surface area contributed by atoms with Crippen molar-refractivity contribution in [1.29, 1.82) is 0 Å². The molecule has 0 saturated carbocycles. The van der Waals surface area contributed by atoms with Gasteiger partial charge in [-0.2, -0.15) is 0 Å². The van der Waals surface area contributed by atoms with Gasteiger partial charge in [0.1, 0.15) is 0 Å². The summed E-state index contributed by atoms with van der Waals surface area (Å²) < 4.78 is 2.09. The number of thiazole rings is 1. The molecule has 0 aliphatic heterocycles. The molecule has 2 aromatic rings. The SMILES string of the molecule is C[C@@H](N)c1cncn1CCc1nccs1. The van der Waals surface area contributed by atoms with Crippen molar-refractivity contribution in [1.82, 2.24) is 14.5 Å². The molecule has 15 heavy (non-hydrogen) atoms. The summed E-state index contributed by atoms with van der Waals surface area (Å²) in [6.45, 7) is 2.86. The highest BCUT2D eigenvalue weighted by Gasteiger charge is 2.06. The van der Waals surface area contributed by atoms with Crippen LogP contribution in [0.5, 0.6) is 0 Å². The molecule has 0 unspecified atom stereocenters. The van der Waals surface area contributed by atoms with Crippen molar-refractivity contribution in [3.63, 3.8) is 0 Å². The third-order valence-electron chi connectivity index (χ3n) is 2.26. The molecule has 0 fully saturated rings. The molecule has 4 nitrogen and oxygen atoms in total. The number of imidazole rings is 1. The predicted molar refractivity (Wildman–Crippen MR) is 60.6 cm³/mol. The summed E-state index contributed by atoms with van der Waals surface area (Å²) in [6, 6.07) is 0.0313. The lowest BCUT2D eigenvalue weighted by atomic mass is 10.2. The van der Waals surface area contributed by atoms with Gasteiger partial charge in [-0.1, -0.05) is 0 Å². The molecule has 80 valence electrons. The summed E-state index contributed by atoms with van der Waals surface area (Å²) >= 11 is 1.68. The van der Waals surface area contributed by atoms with Crippen LogP contribution in [0.15, 0.2) is 24.1 Å². The van der Waals surface area contributed by atoms with Gasteiger partial charge in [-0.3, -0.25) is 0 Å². The molecule has 0 spiro atoms. The molecular weight excluding hydrogens is 208 g/mol. The van der Waals surface area contributed by atoms with Gasteiger partial charge in [0.25, 0.3) is 0 Å². The highest BCUT2D eigenvalue weighted by molar-refractivity contribution is 7.09. The molecule has 2 heterocycles. The van der Waals surface area contributed by atoms with Gasteiger partial charge in [0.05, 0.1) is 17.0 Å². The van der Waals surface area contributed by atoms with Crippen LogP contribution in [0.25, 0.3) is 0 Å². The first-order chi connectivity index (χ1) is 7.27. The first-order valence-corrected chi connectivity index (χ1v) is 5.79. The van der Waals surface area contributed by atoms with Crippen LogP contribution in [0, 0.1) is 0 Å². The Hall–Kier alpha value is -1.20. The van der Waals surface area contributed by atoms with Crippen LogP contribution >= 0.6 is 11.3 Å². The molecule has 0 amide bonds. The topological polar surface area (TPSA) is 56.7 Å². The van der Waals surface area contributed by atoms with Gasteiger partial charge in [0.15, 0.2) is 0 Å². The normalized spacial score (nSPS) is 12.9. The van der Waals surface area contributed by atoms with Crippen LogP contribution in [-0.4, -0.2) is 14.5 Å². The zero-order chi connectivity index (χ0) is 10.7. The average molecular weight is 222 g/mol. The molecule has 0 aliphatic rings. The summed E-state index contributed by atoms with van der Waals surface area (Å²) in [6.07, 6.45) is 6.42. The molecule has 0 aromatic carbocycles. The molecule has 0 radical (unpaired) electrons. The van der Waals surface area contributed by atoms with E-state index in [1.165, 1.54) is 0 Å². The summed E-state index contributed by atoms with van der Waals surface area (Å²) in [5, 5.41) is 3.15. The smallest absolute Gasteiger partial charge is 0.0948 e. The largest absolute Gasteiger partial charge is 0.333 e. The summed E-state index contributed by atoms with van der Waals surface area (Å²) in [7, 11) is 0. The van der Waals surface area contributed by atoms with E-state index in [4.69, 9.17) is 5.73 Å². The van der Waals surface area contributed by atoms with Crippen LogP contribution in [0.3, 0.4) is 0 Å². The van der Waals surface area contributed by atoms with Crippen LogP contribution in [0.4, 0.5) is 0 Å². The fourth-order valence-electron chi connectivity index (χ4n) is 1.49. The van der Waals surface area contributed by atoms with Gasteiger partial charge < -0.3 is 10.3 Å². The minimum absolute atomic E-state index is 0.0313. The molecule has 0 aliphatic carbocycles. The summed E-state index contributed by atoms with van der Waals surface area (Å²) in [5.41, 5.74) is 6.91. The van der Waals surface area contributed by atoms with Crippen molar-refractivity contribution < 1.29 is 0 Å². The van der Waals surface area contributed by atoms with E-state index in [1.54, 1.807) is 11.3 Å². The van der Waals surface area contributed by atoms with E-state index >= 15 is 0 Å². The maximum Gasteiger partial charge on any atom is 0.0948 e. The first kappa shape index (κ1) is 10.3. The lowest BCUT2D eigenvalue weighted by Crippen LogP contribution is -2.12. The number of aromatic nitrogens is 3. The molecule has 0 saturated heterocycles. The molecule has 1 atom stereocenters. The quantitative estimate of drug-likeness (QED) is 0.855. The Kier molecular flexibility index (Phi) is 3.13. The van der Waals surface area contributed by atoms with Crippen LogP contribution in [0.1, 0.15) is 23.7 Å². The van der Waals surface area contributed by atoms with E-state index < -0.39 is 0 Å². The summed E-state index contributed by atoms with van der Waals surface area (Å²) in [5.74, 6) is 0. The van der Waals surface area contributed by atoms with E-state index in [1.807, 2.05) is 31.0 Å². The molecular formula is C10H14N4S. The second kappa shape index (κ2) is 4.55. The van der Waals surface area contributed by atoms with E-state index in [0.29, 0.717) is 0 Å². The van der Waals surface area contributed by atoms with Gasteiger partial charge in [0, 0.05) is 36.8 Å². The second-order valence-corrected chi connectivity index (χ2v) is 4.46. The Morgan fingerprint density at radius 2 is 2.47 bits per heavy atom. The molecule has 2 aromatic heterocycles. The van der Waals surface area contributed by atoms with Crippen molar-refractivity contribution in [3.05, 3.63) is 34.8 Å². The third kappa shape index (κ3) is 2.43. The Balaban J connectivity index is 2.02. The van der Waals surface area contributed by atoms with E-state index in [2.05, 4.69) is 14.5 Å². The molecule has 5 heteroatoms. The Bertz CT molecular complexity index is 405. The van der Waals surface area contributed by atoms with Crippen molar-refractivity contribution in [2.75, 3.05) is 0 Å². The van der Waals surface area contributed by atoms with Gasteiger partial charge in [-0.15, -0.1) is 11.3 Å². The van der Waals surface area contributed by atoms with E-state index in [-0.39, 0.29) is 6.04 Å². The van der Waals surface area contributed by atoms with Crippen LogP contribution in [-0.2, 0) is 13.0 Å². The lowest BCUT2D eigenvalue weighted by molar-refractivity contribution is 0.622. The minimum atomic E-state index is 0.0313. The maximum atomic E-state index is 5.83. The number of nitrogens with two attached hydrogens (primary N) is 1. The predicted octanol–water partition coefficient (Wildman–Crippen LogP) is 1.60. The monoisotopic (exact) mass is 222 g/mol. The first-order valence-electron chi connectivity index (χ1n) is 4.91. The van der Waals surface area contributed by atoms with E-state index in [0.717, 1.165) is 23.7 Å². The van der Waals surface area contributed by atoms with Crippen molar-refractivity contribution in [3.8, 4) is 0 Å². The number of nitrogens with zero attached hydrogens (tertiary/aromatic N) is 3. The molecule has 2 rings (SSSR count). The second-order valence-electron chi connectivity index (χ2n) is 3.48. The third-order valence-corrected chi connectivity index (χ3v) is 3.10.